The number of rotatable bonds is 55. The highest BCUT2D eigenvalue weighted by atomic mass is 16.6. The van der Waals surface area contributed by atoms with Gasteiger partial charge in [0.05, 0.1) is 0 Å². The third kappa shape index (κ3) is 54.7. The zero-order valence-electron chi connectivity index (χ0n) is 45.2. The maximum atomic E-state index is 12.8. The number of carbonyl (C=O) groups excluding carboxylic acids is 3. The van der Waals surface area contributed by atoms with Crippen LogP contribution < -0.4 is 0 Å². The van der Waals surface area contributed by atoms with Crippen LogP contribution in [0.5, 0.6) is 0 Å². The minimum absolute atomic E-state index is 0.0651. The molecule has 1 atom stereocenters. The summed E-state index contributed by atoms with van der Waals surface area (Å²) in [6.45, 7) is 6.64. The van der Waals surface area contributed by atoms with Crippen molar-refractivity contribution in [3.8, 4) is 0 Å². The standard InChI is InChI=1S/C61H114O6/c1-4-7-10-13-16-19-21-23-24-25-26-27-28-29-30-31-32-33-34-35-36-37-38-39-41-42-45-48-51-54-60(63)66-57-58(56-65-59(62)53-50-47-44-18-15-12-9-6-3)67-61(64)55-52-49-46-43-40-22-20-17-14-11-8-5-2/h21,23,25-26,58H,4-20,22,24,27-57H2,1-3H3/b23-21-,26-25-. The molecule has 0 aromatic heterocycles. The van der Waals surface area contributed by atoms with E-state index < -0.39 is 6.10 Å². The van der Waals surface area contributed by atoms with Crippen LogP contribution in [0.15, 0.2) is 24.3 Å². The fourth-order valence-corrected chi connectivity index (χ4v) is 8.95. The van der Waals surface area contributed by atoms with Crippen molar-refractivity contribution in [1.29, 1.82) is 0 Å². The number of unbranched alkanes of at least 4 members (excludes halogenated alkanes) is 40. The summed E-state index contributed by atoms with van der Waals surface area (Å²) >= 11 is 0. The van der Waals surface area contributed by atoms with Crippen LogP contribution in [0.2, 0.25) is 0 Å². The van der Waals surface area contributed by atoms with Crippen LogP contribution in [0, 0.1) is 0 Å². The van der Waals surface area contributed by atoms with E-state index in [-0.39, 0.29) is 31.1 Å². The van der Waals surface area contributed by atoms with Gasteiger partial charge in [0.2, 0.25) is 0 Å². The Morgan fingerprint density at radius 1 is 0.299 bits per heavy atom. The van der Waals surface area contributed by atoms with Crippen molar-refractivity contribution < 1.29 is 28.6 Å². The van der Waals surface area contributed by atoms with Gasteiger partial charge in [-0.3, -0.25) is 14.4 Å². The second kappa shape index (κ2) is 56.5. The van der Waals surface area contributed by atoms with Crippen LogP contribution in [-0.4, -0.2) is 37.2 Å². The molecule has 0 bridgehead atoms. The van der Waals surface area contributed by atoms with E-state index in [9.17, 15) is 14.4 Å². The Bertz CT molecular complexity index is 1080. The molecule has 0 fully saturated rings. The van der Waals surface area contributed by atoms with E-state index in [4.69, 9.17) is 14.2 Å². The van der Waals surface area contributed by atoms with Crippen LogP contribution in [-0.2, 0) is 28.6 Å². The summed E-state index contributed by atoms with van der Waals surface area (Å²) in [6, 6.07) is 0. The summed E-state index contributed by atoms with van der Waals surface area (Å²) in [4.78, 5) is 37.9. The third-order valence-corrected chi connectivity index (χ3v) is 13.5. The second-order valence-electron chi connectivity index (χ2n) is 20.3. The SMILES string of the molecule is CCCCCCC/C=C\C/C=C\CCCCCCCCCCCCCCCCCCCC(=O)OCC(COC(=O)CCCCCCCCCC)OC(=O)CCCCCCCCCCCCCC. The molecule has 6 nitrogen and oxygen atoms in total. The van der Waals surface area contributed by atoms with E-state index >= 15 is 0 Å². The largest absolute Gasteiger partial charge is 0.462 e. The first kappa shape index (κ1) is 64.9. The van der Waals surface area contributed by atoms with Crippen LogP contribution in [0.25, 0.3) is 0 Å². The minimum atomic E-state index is -0.762. The molecular weight excluding hydrogens is 829 g/mol. The number of hydrogen-bond acceptors (Lipinski definition) is 6. The van der Waals surface area contributed by atoms with Gasteiger partial charge in [0.25, 0.3) is 0 Å². The predicted octanol–water partition coefficient (Wildman–Crippen LogP) is 19.9. The zero-order chi connectivity index (χ0) is 48.6. The van der Waals surface area contributed by atoms with Crippen molar-refractivity contribution in [2.75, 3.05) is 13.2 Å². The van der Waals surface area contributed by atoms with Gasteiger partial charge in [0, 0.05) is 19.3 Å². The van der Waals surface area contributed by atoms with Gasteiger partial charge in [-0.05, 0) is 51.4 Å². The van der Waals surface area contributed by atoms with Crippen molar-refractivity contribution in [1.82, 2.24) is 0 Å². The van der Waals surface area contributed by atoms with Crippen LogP contribution in [0.3, 0.4) is 0 Å². The molecule has 6 heteroatoms. The summed E-state index contributed by atoms with van der Waals surface area (Å²) in [6.07, 6.45) is 66.3. The Labute approximate surface area is 417 Å². The normalized spacial score (nSPS) is 12.1. The maximum absolute atomic E-state index is 12.8. The molecule has 0 aliphatic heterocycles. The molecule has 67 heavy (non-hydrogen) atoms. The van der Waals surface area contributed by atoms with Gasteiger partial charge < -0.3 is 14.2 Å². The van der Waals surface area contributed by atoms with Gasteiger partial charge in [-0.25, -0.2) is 0 Å². The molecule has 0 heterocycles. The lowest BCUT2D eigenvalue weighted by Gasteiger charge is -2.18. The van der Waals surface area contributed by atoms with Crippen LogP contribution in [0.4, 0.5) is 0 Å². The van der Waals surface area contributed by atoms with E-state index in [0.29, 0.717) is 19.3 Å². The van der Waals surface area contributed by atoms with E-state index in [1.54, 1.807) is 0 Å². The molecule has 0 aromatic carbocycles. The Morgan fingerprint density at radius 3 is 0.821 bits per heavy atom. The van der Waals surface area contributed by atoms with E-state index in [1.165, 1.54) is 225 Å². The van der Waals surface area contributed by atoms with Crippen LogP contribution in [0.1, 0.15) is 329 Å². The number of esters is 3. The molecule has 1 unspecified atom stereocenters. The van der Waals surface area contributed by atoms with Crippen LogP contribution >= 0.6 is 0 Å². The highest BCUT2D eigenvalue weighted by Gasteiger charge is 2.19. The first-order chi connectivity index (χ1) is 33.0. The van der Waals surface area contributed by atoms with Crippen molar-refractivity contribution in [3.63, 3.8) is 0 Å². The summed E-state index contributed by atoms with van der Waals surface area (Å²) in [5.74, 6) is -0.851. The van der Waals surface area contributed by atoms with Gasteiger partial charge in [0.15, 0.2) is 6.10 Å². The highest BCUT2D eigenvalue weighted by molar-refractivity contribution is 5.71. The molecule has 0 saturated heterocycles. The summed E-state index contributed by atoms with van der Waals surface area (Å²) in [5.41, 5.74) is 0. The summed E-state index contributed by atoms with van der Waals surface area (Å²) in [5, 5.41) is 0. The number of allylic oxidation sites excluding steroid dienone is 4. The molecule has 0 rings (SSSR count). The fraction of sp³-hybridized carbons (Fsp3) is 0.885. The van der Waals surface area contributed by atoms with E-state index in [1.807, 2.05) is 0 Å². The predicted molar refractivity (Wildman–Crippen MR) is 289 cm³/mol. The van der Waals surface area contributed by atoms with E-state index in [2.05, 4.69) is 45.1 Å². The lowest BCUT2D eigenvalue weighted by molar-refractivity contribution is -0.167. The second-order valence-corrected chi connectivity index (χ2v) is 20.3. The lowest BCUT2D eigenvalue weighted by Crippen LogP contribution is -2.30. The van der Waals surface area contributed by atoms with Crippen molar-refractivity contribution in [2.24, 2.45) is 0 Å². The number of carbonyl (C=O) groups is 3. The minimum Gasteiger partial charge on any atom is -0.462 e. The average molecular weight is 944 g/mol. The Hall–Kier alpha value is -2.11. The fourth-order valence-electron chi connectivity index (χ4n) is 8.95. The zero-order valence-corrected chi connectivity index (χ0v) is 45.2. The quantitative estimate of drug-likeness (QED) is 0.0262. The molecule has 0 aromatic rings. The third-order valence-electron chi connectivity index (χ3n) is 13.5. The molecule has 394 valence electrons. The topological polar surface area (TPSA) is 78.9 Å². The Morgan fingerprint density at radius 2 is 0.537 bits per heavy atom. The summed E-state index contributed by atoms with van der Waals surface area (Å²) in [7, 11) is 0. The van der Waals surface area contributed by atoms with Crippen molar-refractivity contribution in [3.05, 3.63) is 24.3 Å². The molecule has 0 aliphatic rings. The first-order valence-corrected chi connectivity index (χ1v) is 29.8. The molecule has 0 N–H and O–H groups in total. The Balaban J connectivity index is 4.01. The summed E-state index contributed by atoms with van der Waals surface area (Å²) < 4.78 is 16.8. The number of ether oxygens (including phenoxy) is 3. The lowest BCUT2D eigenvalue weighted by atomic mass is 10.0. The van der Waals surface area contributed by atoms with Crippen molar-refractivity contribution >= 4 is 17.9 Å². The smallest absolute Gasteiger partial charge is 0.306 e. The van der Waals surface area contributed by atoms with E-state index in [0.717, 1.165) is 64.2 Å². The van der Waals surface area contributed by atoms with Gasteiger partial charge in [-0.2, -0.15) is 0 Å². The van der Waals surface area contributed by atoms with Gasteiger partial charge >= 0.3 is 17.9 Å². The molecule has 0 saturated carbocycles. The molecule has 0 amide bonds. The monoisotopic (exact) mass is 943 g/mol. The van der Waals surface area contributed by atoms with Gasteiger partial charge in [0.1, 0.15) is 13.2 Å². The van der Waals surface area contributed by atoms with Gasteiger partial charge in [-0.15, -0.1) is 0 Å². The van der Waals surface area contributed by atoms with Crippen molar-refractivity contribution in [2.45, 2.75) is 335 Å². The average Bonchev–Trinajstić information content (AvgIpc) is 3.33. The molecule has 0 spiro atoms. The molecule has 0 aliphatic carbocycles. The molecular formula is C61H114O6. The highest BCUT2D eigenvalue weighted by Crippen LogP contribution is 2.17. The molecule has 0 radical (unpaired) electrons. The Kier molecular flexibility index (Phi) is 54.7. The first-order valence-electron chi connectivity index (χ1n) is 29.8. The van der Waals surface area contributed by atoms with Gasteiger partial charge in [-0.1, -0.05) is 283 Å². The number of hydrogen-bond donors (Lipinski definition) is 0. The maximum Gasteiger partial charge on any atom is 0.306 e.